The lowest BCUT2D eigenvalue weighted by atomic mass is 10.0. The number of carbonyl (C=O) groups is 11. The maximum Gasteiger partial charge on any atom is 0.243 e. The Morgan fingerprint density at radius 3 is 1.21 bits per heavy atom. The molecule has 4 heterocycles. The highest BCUT2D eigenvalue weighted by atomic mass is 16.5. The van der Waals surface area contributed by atoms with Gasteiger partial charge in [-0.3, -0.25) is 63.6 Å². The van der Waals surface area contributed by atoms with E-state index in [0.717, 1.165) is 21.8 Å². The van der Waals surface area contributed by atoms with E-state index in [1.165, 1.54) is 25.8 Å². The highest BCUT2D eigenvalue weighted by molar-refractivity contribution is 5.98. The first kappa shape index (κ1) is 84.6. The Morgan fingerprint density at radius 1 is 0.393 bits per heavy atom. The minimum Gasteiger partial charge on any atom is -0.377 e. The molecule has 0 spiro atoms. The molecule has 0 fully saturated rings. The molecule has 0 aliphatic rings. The van der Waals surface area contributed by atoms with Gasteiger partial charge in [0, 0.05) is 131 Å². The molecular formula is C76H99N23O13. The van der Waals surface area contributed by atoms with Crippen LogP contribution < -0.4 is 81.0 Å². The van der Waals surface area contributed by atoms with Gasteiger partial charge in [0.25, 0.3) is 0 Å². The number of primary amides is 1. The van der Waals surface area contributed by atoms with Crippen LogP contribution in [0.15, 0.2) is 147 Å². The molecule has 0 aliphatic heterocycles. The van der Waals surface area contributed by atoms with Gasteiger partial charge in [0.2, 0.25) is 65.0 Å². The molecular weight excluding hydrogens is 1440 g/mol. The third kappa shape index (κ3) is 28.5. The molecule has 0 saturated heterocycles. The van der Waals surface area contributed by atoms with Gasteiger partial charge in [-0.15, -0.1) is 0 Å². The largest absolute Gasteiger partial charge is 0.377 e. The van der Waals surface area contributed by atoms with E-state index in [1.807, 2.05) is 48.5 Å². The van der Waals surface area contributed by atoms with Crippen LogP contribution in [0.5, 0.6) is 0 Å². The van der Waals surface area contributed by atoms with Crippen LogP contribution in [-0.4, -0.2) is 208 Å². The summed E-state index contributed by atoms with van der Waals surface area (Å²) in [6.07, 6.45) is 9.05. The van der Waals surface area contributed by atoms with Gasteiger partial charge < -0.3 is 110 Å². The molecule has 36 heteroatoms. The summed E-state index contributed by atoms with van der Waals surface area (Å²) in [7, 11) is 0. The molecule has 24 N–H and O–H groups in total. The molecule has 112 heavy (non-hydrogen) atoms. The molecule has 0 aliphatic carbocycles. The van der Waals surface area contributed by atoms with Gasteiger partial charge in [-0.1, -0.05) is 97.1 Å². The van der Waals surface area contributed by atoms with Crippen molar-refractivity contribution in [3.05, 3.63) is 180 Å². The van der Waals surface area contributed by atoms with E-state index < -0.39 is 113 Å². The first-order valence-electron chi connectivity index (χ1n) is 36.7. The van der Waals surface area contributed by atoms with Crippen LogP contribution in [-0.2, 0) is 101 Å². The predicted molar refractivity (Wildman–Crippen MR) is 414 cm³/mol. The quantitative estimate of drug-likeness (QED) is 0.0121. The summed E-state index contributed by atoms with van der Waals surface area (Å²) in [4.78, 5) is 173. The molecule has 36 nitrogen and oxygen atoms in total. The van der Waals surface area contributed by atoms with Crippen LogP contribution in [0.4, 0.5) is 0 Å². The van der Waals surface area contributed by atoms with E-state index in [2.05, 4.69) is 93.7 Å². The Kier molecular flexibility index (Phi) is 33.6. The zero-order valence-electron chi connectivity index (χ0n) is 62.1. The molecule has 0 unspecified atom stereocenters. The first-order valence-corrected chi connectivity index (χ1v) is 36.7. The fourth-order valence-corrected chi connectivity index (χ4v) is 12.2. The number of para-hydroxylation sites is 2. The van der Waals surface area contributed by atoms with Crippen LogP contribution in [0, 0.1) is 10.8 Å². The minimum atomic E-state index is -1.34. The molecule has 596 valence electrons. The highest BCUT2D eigenvalue weighted by Crippen LogP contribution is 2.22. The second-order valence-corrected chi connectivity index (χ2v) is 26.5. The number of nitrogens with one attached hydrogen (secondary N) is 18. The van der Waals surface area contributed by atoms with Gasteiger partial charge in [0.15, 0.2) is 11.9 Å². The number of hydrogen-bond donors (Lipinski definition) is 21. The Morgan fingerprint density at radius 2 is 0.777 bits per heavy atom. The van der Waals surface area contributed by atoms with E-state index in [4.69, 9.17) is 37.5 Å². The van der Waals surface area contributed by atoms with Crippen LogP contribution in [0.2, 0.25) is 0 Å². The average Bonchev–Trinajstić information content (AvgIpc) is 1.95. The summed E-state index contributed by atoms with van der Waals surface area (Å²) in [5, 5.41) is 49.7. The Hall–Kier alpha value is -13.0. The summed E-state index contributed by atoms with van der Waals surface area (Å²) < 4.78 is 11.4. The number of nitrogens with zero attached hydrogens (tertiary/aromatic N) is 2. The molecule has 8 aromatic rings. The molecule has 8 rings (SSSR count). The lowest BCUT2D eigenvalue weighted by molar-refractivity contribution is -0.134. The average molecular weight is 1540 g/mol. The molecule has 11 amide bonds. The number of aromatic amines is 4. The van der Waals surface area contributed by atoms with E-state index in [1.54, 1.807) is 79.3 Å². The lowest BCUT2D eigenvalue weighted by Gasteiger charge is -2.27. The predicted octanol–water partition coefficient (Wildman–Crippen LogP) is -1.19. The van der Waals surface area contributed by atoms with E-state index in [-0.39, 0.29) is 142 Å². The van der Waals surface area contributed by atoms with Gasteiger partial charge in [-0.05, 0) is 60.1 Å². The zero-order valence-corrected chi connectivity index (χ0v) is 62.1. The lowest BCUT2D eigenvalue weighted by Crippen LogP contribution is -2.59. The maximum absolute atomic E-state index is 14.6. The van der Waals surface area contributed by atoms with Gasteiger partial charge in [-0.2, -0.15) is 0 Å². The monoisotopic (exact) mass is 1540 g/mol. The van der Waals surface area contributed by atoms with Gasteiger partial charge in [0.1, 0.15) is 48.3 Å². The van der Waals surface area contributed by atoms with E-state index in [9.17, 15) is 52.7 Å². The standard InChI is InChI=1S/C76H99N23O13/c1-46(100)92-63(38-51-42-82-44-90-51)73(109)97-60(34-47-14-4-2-5-15-47)71(107)95-58(23-13-27-87-76(80)81)70(106)99-62(37-50-41-89-56-21-11-9-19-54(50)56)68(104)85-29-31-112-33-32-111-30-28-84-65(101)24-25-66(102)93-64(39-52-43-83-45-91-52)74(110)98-61(35-48-16-6-3-7-17-48)72(108)94-57(22-12-26-86-75(78)79)69(105)96-59(67(77)103)36-49-40-88-55-20-10-8-18-53(49)55/h2-11,14-21,40-45,57-64,88-89H,12-13,22-39H2,1H3,(H2,77,103)(H,82,90)(H,83,91)(H,84,101)(H,85,104)(H,92,100)(H,93,102)(H,94,108)(H,95,107)(H,96,105)(H,97,109)(H,98,110)(H,99,106)(H4,78,79,86)(H4,80,81,87)/t57-,58-,59-,60+,61+,62-,63-,64-/m0/s1. The second-order valence-electron chi connectivity index (χ2n) is 26.5. The number of benzene rings is 4. The van der Waals surface area contributed by atoms with Crippen molar-refractivity contribution in [1.82, 2.24) is 93.7 Å². The van der Waals surface area contributed by atoms with Gasteiger partial charge >= 0.3 is 0 Å². The fraction of sp³-hybridized carbons (Fsp3) is 0.382. The molecule has 4 aromatic heterocycles. The van der Waals surface area contributed by atoms with Crippen molar-refractivity contribution in [2.24, 2.45) is 17.2 Å². The number of amides is 11. The maximum atomic E-state index is 14.6. The zero-order chi connectivity index (χ0) is 80.2. The number of aromatic nitrogens is 6. The summed E-state index contributed by atoms with van der Waals surface area (Å²) in [6.45, 7) is 1.88. The van der Waals surface area contributed by atoms with Crippen molar-refractivity contribution < 1.29 is 62.2 Å². The number of fused-ring (bicyclic) bond motifs is 2. The molecule has 8 atom stereocenters. The summed E-state index contributed by atoms with van der Waals surface area (Å²) in [5.41, 5.74) is 22.1. The molecule has 0 radical (unpaired) electrons. The normalized spacial score (nSPS) is 13.2. The summed E-state index contributed by atoms with van der Waals surface area (Å²) >= 11 is 0. The van der Waals surface area contributed by atoms with Crippen molar-refractivity contribution in [3.8, 4) is 0 Å². The number of nitrogens with two attached hydrogens (primary N) is 3. The number of ether oxygens (including phenoxy) is 2. The van der Waals surface area contributed by atoms with Crippen LogP contribution in [0.25, 0.3) is 21.8 Å². The number of hydrogen-bond acceptors (Lipinski definition) is 17. The Balaban J connectivity index is 0.813. The van der Waals surface area contributed by atoms with E-state index >= 15 is 0 Å². The first-order chi connectivity index (χ1) is 54.0. The number of H-pyrrole nitrogens is 4. The SMILES string of the molecule is CC(=O)N[C@@H](Cc1c[nH]cn1)C(=O)N[C@H](Cc1ccccc1)C(=O)N[C@@H](CCCNC(=N)N)C(=O)N[C@@H](Cc1c[nH]c2ccccc12)C(=O)NCCOCCOCCNC(=O)CCC(=O)N[C@@H](Cc1c[nH]cn1)C(=O)N[C@H](Cc1ccccc1)C(=O)N[C@@H](CCCNC(=N)N)C(=O)N[C@@H](Cc1c[nH]c2ccccc12)C(N)=O. The number of rotatable bonds is 48. The molecule has 4 aromatic carbocycles. The minimum absolute atomic E-state index is 0.00134. The van der Waals surface area contributed by atoms with Crippen LogP contribution in [0.1, 0.15) is 79.1 Å². The highest BCUT2D eigenvalue weighted by Gasteiger charge is 2.35. The Labute approximate surface area is 645 Å². The van der Waals surface area contributed by atoms with Crippen LogP contribution >= 0.6 is 0 Å². The van der Waals surface area contributed by atoms with Crippen molar-refractivity contribution in [1.29, 1.82) is 10.8 Å². The number of imidazole rings is 2. The third-order valence-corrected chi connectivity index (χ3v) is 17.9. The summed E-state index contributed by atoms with van der Waals surface area (Å²) in [6, 6.07) is 22.5. The molecule has 0 bridgehead atoms. The number of guanidine groups is 2. The van der Waals surface area contributed by atoms with Crippen molar-refractivity contribution >= 4 is 98.7 Å². The van der Waals surface area contributed by atoms with Crippen molar-refractivity contribution in [2.45, 2.75) is 132 Å². The van der Waals surface area contributed by atoms with Gasteiger partial charge in [-0.25, -0.2) is 9.97 Å². The third-order valence-electron chi connectivity index (χ3n) is 17.9. The number of carbonyl (C=O) groups excluding carboxylic acids is 11. The second kappa shape index (κ2) is 44.5. The van der Waals surface area contributed by atoms with E-state index in [0.29, 0.717) is 33.6 Å². The Bertz CT molecular complexity index is 4420. The van der Waals surface area contributed by atoms with Crippen molar-refractivity contribution in [2.75, 3.05) is 52.6 Å². The molecule has 0 saturated carbocycles. The summed E-state index contributed by atoms with van der Waals surface area (Å²) in [5.74, 6) is -8.12. The van der Waals surface area contributed by atoms with Crippen LogP contribution in [0.3, 0.4) is 0 Å². The smallest absolute Gasteiger partial charge is 0.243 e. The van der Waals surface area contributed by atoms with Gasteiger partial charge in [0.05, 0.1) is 50.5 Å². The topological polar surface area (TPSA) is 565 Å². The fourth-order valence-electron chi connectivity index (χ4n) is 12.2. The van der Waals surface area contributed by atoms with Crippen molar-refractivity contribution in [3.63, 3.8) is 0 Å².